The highest BCUT2D eigenvalue weighted by Gasteiger charge is 2.42. The topological polar surface area (TPSA) is 131 Å². The second-order valence-electron chi connectivity index (χ2n) is 15.2. The molecular formula is C41H49ClFN7O6. The molecule has 3 saturated heterocycles. The number of esters is 1. The number of carbonyl (C=O) groups is 3. The second kappa shape index (κ2) is 17.2. The van der Waals surface area contributed by atoms with E-state index in [-0.39, 0.29) is 30.6 Å². The molecule has 0 aliphatic carbocycles. The number of likely N-dealkylation sites (tertiary alicyclic amines) is 2. The van der Waals surface area contributed by atoms with Gasteiger partial charge in [-0.05, 0) is 96.2 Å². The van der Waals surface area contributed by atoms with Crippen molar-refractivity contribution in [3.63, 3.8) is 0 Å². The number of piperidine rings is 1. The number of aromatic nitrogens is 3. The lowest BCUT2D eigenvalue weighted by atomic mass is 9.93. The minimum Gasteiger partial charge on any atom is -0.473 e. The molecule has 7 rings (SSSR count). The molecule has 5 heterocycles. The number of likely N-dealkylation sites (N-methyl/N-ethyl adjacent to an activating group) is 1. The fraction of sp³-hybridized carbons (Fsp3) is 0.488. The number of benzene rings is 2. The van der Waals surface area contributed by atoms with Crippen LogP contribution in [0.25, 0.3) is 11.0 Å². The van der Waals surface area contributed by atoms with Crippen LogP contribution in [0.3, 0.4) is 0 Å². The molecule has 3 unspecified atom stereocenters. The van der Waals surface area contributed by atoms with Gasteiger partial charge in [-0.3, -0.25) is 14.5 Å². The summed E-state index contributed by atoms with van der Waals surface area (Å²) in [5.74, 6) is 0.00402. The van der Waals surface area contributed by atoms with E-state index < -0.39 is 29.8 Å². The van der Waals surface area contributed by atoms with Crippen LogP contribution in [0.4, 0.5) is 4.39 Å². The molecule has 2 aromatic heterocycles. The van der Waals surface area contributed by atoms with Gasteiger partial charge in [-0.15, -0.1) is 0 Å². The zero-order valence-corrected chi connectivity index (χ0v) is 33.0. The summed E-state index contributed by atoms with van der Waals surface area (Å²) in [4.78, 5) is 55.3. The molecule has 0 spiro atoms. The second-order valence-corrected chi connectivity index (χ2v) is 15.6. The summed E-state index contributed by atoms with van der Waals surface area (Å²) in [5.41, 5.74) is 3.37. The molecule has 2 aromatic carbocycles. The van der Waals surface area contributed by atoms with E-state index in [1.54, 1.807) is 37.3 Å². The average Bonchev–Trinajstić information content (AvgIpc) is 3.77. The highest BCUT2D eigenvalue weighted by Crippen LogP contribution is 2.30. The first-order chi connectivity index (χ1) is 27.0. The fourth-order valence-corrected chi connectivity index (χ4v) is 7.93. The van der Waals surface area contributed by atoms with Crippen LogP contribution in [0.5, 0.6) is 5.88 Å². The molecule has 0 radical (unpaired) electrons. The molecule has 3 fully saturated rings. The normalized spacial score (nSPS) is 20.9. The van der Waals surface area contributed by atoms with Gasteiger partial charge >= 0.3 is 5.97 Å². The molecule has 4 aromatic rings. The van der Waals surface area contributed by atoms with Crippen molar-refractivity contribution < 1.29 is 33.0 Å². The third-order valence-corrected chi connectivity index (χ3v) is 11.5. The van der Waals surface area contributed by atoms with Gasteiger partial charge < -0.3 is 33.9 Å². The Balaban J connectivity index is 0.996. The van der Waals surface area contributed by atoms with Crippen LogP contribution >= 0.6 is 11.6 Å². The van der Waals surface area contributed by atoms with E-state index in [9.17, 15) is 18.8 Å². The van der Waals surface area contributed by atoms with Gasteiger partial charge in [0.15, 0.2) is 0 Å². The lowest BCUT2D eigenvalue weighted by molar-refractivity contribution is -0.151. The van der Waals surface area contributed by atoms with Gasteiger partial charge in [0, 0.05) is 53.0 Å². The van der Waals surface area contributed by atoms with Crippen molar-refractivity contribution in [2.45, 2.75) is 82.5 Å². The number of rotatable bonds is 13. The molecule has 0 saturated carbocycles. The Morgan fingerprint density at radius 2 is 1.86 bits per heavy atom. The Hall–Kier alpha value is -4.63. The molecule has 4 atom stereocenters. The van der Waals surface area contributed by atoms with Crippen molar-refractivity contribution >= 4 is 40.4 Å². The van der Waals surface area contributed by atoms with Gasteiger partial charge in [-0.2, -0.15) is 0 Å². The fourth-order valence-electron chi connectivity index (χ4n) is 7.77. The smallest absolute Gasteiger partial charge is 0.328 e. The van der Waals surface area contributed by atoms with Crippen molar-refractivity contribution in [2.24, 2.45) is 0 Å². The number of imidazole rings is 1. The number of hydrogen-bond acceptors (Lipinski definition) is 10. The number of hydrogen-bond donors (Lipinski definition) is 1. The molecule has 2 amide bonds. The summed E-state index contributed by atoms with van der Waals surface area (Å²) in [6.45, 7) is 5.80. The quantitative estimate of drug-likeness (QED) is 0.189. The SMILES string of the molecule is COC(=O)C1CC(N(C)C)CN1C(=O)[C@H](C)NC(=O)c1ccc2c(c1)nc(CN1CCC(c3cccc(OCc4ccc(Cl)cc4F)n3)CC1)n2CC1CCO1. The lowest BCUT2D eigenvalue weighted by Crippen LogP contribution is -2.51. The van der Waals surface area contributed by atoms with Gasteiger partial charge in [-0.25, -0.2) is 19.2 Å². The van der Waals surface area contributed by atoms with E-state index >= 15 is 0 Å². The summed E-state index contributed by atoms with van der Waals surface area (Å²) < 4.78 is 33.1. The minimum absolute atomic E-state index is 0.00410. The van der Waals surface area contributed by atoms with Crippen molar-refractivity contribution in [2.75, 3.05) is 47.4 Å². The number of nitrogens with zero attached hydrogens (tertiary/aromatic N) is 6. The molecule has 3 aliphatic heterocycles. The van der Waals surface area contributed by atoms with Crippen LogP contribution in [0.2, 0.25) is 5.02 Å². The molecular weight excluding hydrogens is 741 g/mol. The third kappa shape index (κ3) is 8.83. The first-order valence-electron chi connectivity index (χ1n) is 19.2. The van der Waals surface area contributed by atoms with Crippen LogP contribution in [0.1, 0.15) is 66.0 Å². The van der Waals surface area contributed by atoms with Gasteiger partial charge in [0.25, 0.3) is 5.91 Å². The van der Waals surface area contributed by atoms with Crippen LogP contribution < -0.4 is 10.1 Å². The van der Waals surface area contributed by atoms with Crippen LogP contribution in [0.15, 0.2) is 54.6 Å². The van der Waals surface area contributed by atoms with E-state index in [0.717, 1.165) is 56.0 Å². The largest absolute Gasteiger partial charge is 0.473 e. The van der Waals surface area contributed by atoms with E-state index in [1.165, 1.54) is 18.1 Å². The van der Waals surface area contributed by atoms with Gasteiger partial charge in [0.1, 0.15) is 30.3 Å². The highest BCUT2D eigenvalue weighted by atomic mass is 35.5. The molecule has 56 heavy (non-hydrogen) atoms. The predicted octanol–water partition coefficient (Wildman–Crippen LogP) is 4.79. The van der Waals surface area contributed by atoms with Crippen LogP contribution in [0, 0.1) is 5.82 Å². The third-order valence-electron chi connectivity index (χ3n) is 11.3. The van der Waals surface area contributed by atoms with Crippen LogP contribution in [-0.2, 0) is 38.8 Å². The van der Waals surface area contributed by atoms with Crippen molar-refractivity contribution in [1.29, 1.82) is 0 Å². The Bertz CT molecular complexity index is 2070. The van der Waals surface area contributed by atoms with Gasteiger partial charge in [-0.1, -0.05) is 23.7 Å². The number of pyridine rings is 1. The molecule has 1 N–H and O–H groups in total. The zero-order valence-electron chi connectivity index (χ0n) is 32.2. The molecule has 15 heteroatoms. The van der Waals surface area contributed by atoms with Crippen molar-refractivity contribution in [1.82, 2.24) is 34.6 Å². The molecule has 0 bridgehead atoms. The molecule has 13 nitrogen and oxygen atoms in total. The number of nitrogens with one attached hydrogen (secondary N) is 1. The number of ether oxygens (including phenoxy) is 3. The molecule has 3 aliphatic rings. The van der Waals surface area contributed by atoms with Gasteiger partial charge in [0.2, 0.25) is 11.8 Å². The number of fused-ring (bicyclic) bond motifs is 1. The van der Waals surface area contributed by atoms with E-state index in [4.69, 9.17) is 35.8 Å². The maximum atomic E-state index is 14.3. The monoisotopic (exact) mass is 789 g/mol. The first-order valence-corrected chi connectivity index (χ1v) is 19.6. The van der Waals surface area contributed by atoms with Gasteiger partial charge in [0.05, 0.1) is 37.3 Å². The number of halogens is 2. The molecule has 298 valence electrons. The Kier molecular flexibility index (Phi) is 12.2. The maximum Gasteiger partial charge on any atom is 0.328 e. The van der Waals surface area contributed by atoms with Crippen molar-refractivity contribution in [3.05, 3.63) is 88.1 Å². The Morgan fingerprint density at radius 3 is 2.55 bits per heavy atom. The highest BCUT2D eigenvalue weighted by molar-refractivity contribution is 6.30. The summed E-state index contributed by atoms with van der Waals surface area (Å²) in [6, 6.07) is 14.1. The number of methoxy groups -OCH3 is 1. The number of carbonyl (C=O) groups excluding carboxylic acids is 3. The predicted molar refractivity (Wildman–Crippen MR) is 208 cm³/mol. The lowest BCUT2D eigenvalue weighted by Gasteiger charge is -2.32. The Morgan fingerprint density at radius 1 is 1.07 bits per heavy atom. The summed E-state index contributed by atoms with van der Waals surface area (Å²) in [5, 5.41) is 3.18. The van der Waals surface area contributed by atoms with Crippen LogP contribution in [-0.4, -0.2) is 119 Å². The minimum atomic E-state index is -0.859. The van der Waals surface area contributed by atoms with E-state index in [0.29, 0.717) is 53.6 Å². The standard InChI is InChI=1S/C41H49ClFN7O6/c1-25(40(52)50-21-30(47(2)3)20-36(50)41(53)54-4)44-39(51)27-9-11-35-34(18-27)45-37(49(35)22-31-14-17-55-31)23-48-15-12-26(13-16-48)33-6-5-7-38(46-33)56-24-28-8-10-29(42)19-32(28)43/h5-11,18-19,25-26,30-31,36H,12-17,20-24H2,1-4H3,(H,44,51)/t25-,30?,31?,36?/m0/s1. The average molecular weight is 790 g/mol. The maximum absolute atomic E-state index is 14.3. The summed E-state index contributed by atoms with van der Waals surface area (Å²) in [6.07, 6.45) is 3.36. The Labute approximate surface area is 331 Å². The summed E-state index contributed by atoms with van der Waals surface area (Å²) >= 11 is 5.89. The summed E-state index contributed by atoms with van der Waals surface area (Å²) in [7, 11) is 5.14. The van der Waals surface area contributed by atoms with E-state index in [2.05, 4.69) is 14.8 Å². The van der Waals surface area contributed by atoms with E-state index in [1.807, 2.05) is 37.2 Å². The van der Waals surface area contributed by atoms with Crippen molar-refractivity contribution in [3.8, 4) is 5.88 Å². The zero-order chi connectivity index (χ0) is 39.5. The first kappa shape index (κ1) is 39.6. The number of amides is 2.